The third-order valence-electron chi connectivity index (χ3n) is 4.80. The minimum atomic E-state index is -0.961. The number of carbonyl (C=O) groups excluding carboxylic acids is 1. The standard InChI is InChI=1S/C16H18FNO4/c1-22-13-7-9(5-6-12(13)17)15(19)18-8-10-3-2-4-11(10)14(18)16(20)21/h5-7,10-11,14H,2-4,8H2,1H3,(H,20,21). The van der Waals surface area contributed by atoms with Gasteiger partial charge in [-0.1, -0.05) is 6.42 Å². The van der Waals surface area contributed by atoms with Crippen molar-refractivity contribution >= 4 is 11.9 Å². The molecule has 1 heterocycles. The minimum absolute atomic E-state index is 0.0166. The van der Waals surface area contributed by atoms with Crippen molar-refractivity contribution in [3.05, 3.63) is 29.6 Å². The summed E-state index contributed by atoms with van der Waals surface area (Å²) in [6, 6.07) is 3.08. The van der Waals surface area contributed by atoms with Gasteiger partial charge in [-0.2, -0.15) is 0 Å². The van der Waals surface area contributed by atoms with E-state index in [9.17, 15) is 19.1 Å². The molecule has 0 spiro atoms. The number of halogens is 1. The molecule has 1 aromatic carbocycles. The average molecular weight is 307 g/mol. The van der Waals surface area contributed by atoms with Crippen LogP contribution < -0.4 is 4.74 Å². The van der Waals surface area contributed by atoms with Crippen LogP contribution in [-0.4, -0.2) is 41.6 Å². The maximum Gasteiger partial charge on any atom is 0.326 e. The number of amides is 1. The first-order valence-electron chi connectivity index (χ1n) is 7.40. The summed E-state index contributed by atoms with van der Waals surface area (Å²) in [6.45, 7) is 0.458. The average Bonchev–Trinajstić information content (AvgIpc) is 3.06. The number of carboxylic acids is 1. The second-order valence-corrected chi connectivity index (χ2v) is 5.94. The number of hydrogen-bond acceptors (Lipinski definition) is 3. The van der Waals surface area contributed by atoms with Crippen molar-refractivity contribution in [2.24, 2.45) is 11.8 Å². The minimum Gasteiger partial charge on any atom is -0.494 e. The van der Waals surface area contributed by atoms with Crippen molar-refractivity contribution in [1.82, 2.24) is 4.90 Å². The topological polar surface area (TPSA) is 66.8 Å². The van der Waals surface area contributed by atoms with Gasteiger partial charge in [0.1, 0.15) is 6.04 Å². The van der Waals surface area contributed by atoms with Crippen LogP contribution in [0.15, 0.2) is 18.2 Å². The number of benzene rings is 1. The summed E-state index contributed by atoms with van der Waals surface area (Å²) >= 11 is 0. The lowest BCUT2D eigenvalue weighted by Crippen LogP contribution is -2.43. The molecule has 6 heteroatoms. The first-order chi connectivity index (χ1) is 10.5. The predicted molar refractivity (Wildman–Crippen MR) is 76.2 cm³/mol. The predicted octanol–water partition coefficient (Wildman–Crippen LogP) is 2.16. The maximum atomic E-state index is 13.5. The van der Waals surface area contributed by atoms with Gasteiger partial charge in [0, 0.05) is 12.1 Å². The van der Waals surface area contributed by atoms with Gasteiger partial charge in [0.15, 0.2) is 11.6 Å². The van der Waals surface area contributed by atoms with Crippen molar-refractivity contribution in [1.29, 1.82) is 0 Å². The molecule has 0 aromatic heterocycles. The molecule has 2 fully saturated rings. The van der Waals surface area contributed by atoms with Crippen LogP contribution in [0.3, 0.4) is 0 Å². The summed E-state index contributed by atoms with van der Waals surface area (Å²) in [4.78, 5) is 25.7. The molecule has 3 rings (SSSR count). The van der Waals surface area contributed by atoms with Crippen LogP contribution >= 0.6 is 0 Å². The van der Waals surface area contributed by atoms with E-state index >= 15 is 0 Å². The molecule has 118 valence electrons. The molecule has 1 aliphatic heterocycles. The summed E-state index contributed by atoms with van der Waals surface area (Å²) in [5, 5.41) is 9.49. The first-order valence-corrected chi connectivity index (χ1v) is 7.40. The van der Waals surface area contributed by atoms with E-state index in [2.05, 4.69) is 0 Å². The van der Waals surface area contributed by atoms with Crippen molar-refractivity contribution < 1.29 is 23.8 Å². The summed E-state index contributed by atoms with van der Waals surface area (Å²) in [6.07, 6.45) is 2.83. The number of hydrogen-bond donors (Lipinski definition) is 1. The van der Waals surface area contributed by atoms with E-state index in [-0.39, 0.29) is 29.1 Å². The molecular weight excluding hydrogens is 289 g/mol. The van der Waals surface area contributed by atoms with Crippen LogP contribution in [-0.2, 0) is 4.79 Å². The summed E-state index contributed by atoms with van der Waals surface area (Å²) in [7, 11) is 1.33. The lowest BCUT2D eigenvalue weighted by atomic mass is 9.94. The van der Waals surface area contributed by atoms with Gasteiger partial charge < -0.3 is 14.7 Å². The van der Waals surface area contributed by atoms with E-state index in [0.29, 0.717) is 6.54 Å². The van der Waals surface area contributed by atoms with Crippen molar-refractivity contribution in [2.75, 3.05) is 13.7 Å². The summed E-state index contributed by atoms with van der Waals surface area (Å²) in [5.41, 5.74) is 0.254. The zero-order valence-corrected chi connectivity index (χ0v) is 12.3. The highest BCUT2D eigenvalue weighted by Gasteiger charge is 2.49. The molecule has 0 radical (unpaired) electrons. The Labute approximate surface area is 127 Å². The molecule has 1 saturated carbocycles. The van der Waals surface area contributed by atoms with Gasteiger partial charge in [0.2, 0.25) is 0 Å². The van der Waals surface area contributed by atoms with Gasteiger partial charge in [0.25, 0.3) is 5.91 Å². The maximum absolute atomic E-state index is 13.5. The number of carbonyl (C=O) groups is 2. The first kappa shape index (κ1) is 14.8. The molecule has 1 saturated heterocycles. The highest BCUT2D eigenvalue weighted by Crippen LogP contribution is 2.42. The largest absolute Gasteiger partial charge is 0.494 e. The smallest absolute Gasteiger partial charge is 0.326 e. The number of carboxylic acid groups (broad SMARTS) is 1. The second-order valence-electron chi connectivity index (χ2n) is 5.94. The molecule has 0 bridgehead atoms. The number of nitrogens with zero attached hydrogens (tertiary/aromatic N) is 1. The fourth-order valence-electron chi connectivity index (χ4n) is 3.79. The molecule has 22 heavy (non-hydrogen) atoms. The Morgan fingerprint density at radius 1 is 1.36 bits per heavy atom. The quantitative estimate of drug-likeness (QED) is 0.929. The van der Waals surface area contributed by atoms with Gasteiger partial charge in [-0.3, -0.25) is 4.79 Å². The molecule has 1 aliphatic carbocycles. The number of aliphatic carboxylic acids is 1. The van der Waals surface area contributed by atoms with Crippen molar-refractivity contribution in [3.8, 4) is 5.75 Å². The fourth-order valence-corrected chi connectivity index (χ4v) is 3.79. The number of rotatable bonds is 3. The van der Waals surface area contributed by atoms with Crippen LogP contribution in [0.25, 0.3) is 0 Å². The number of fused-ring (bicyclic) bond motifs is 1. The molecule has 1 N–H and O–H groups in total. The molecule has 2 aliphatic rings. The third kappa shape index (κ3) is 2.32. The zero-order chi connectivity index (χ0) is 15.9. The van der Waals surface area contributed by atoms with Crippen LogP contribution in [0.4, 0.5) is 4.39 Å². The summed E-state index contributed by atoms with van der Waals surface area (Å²) < 4.78 is 18.3. The van der Waals surface area contributed by atoms with Crippen molar-refractivity contribution in [2.45, 2.75) is 25.3 Å². The van der Waals surface area contributed by atoms with Crippen LogP contribution in [0.1, 0.15) is 29.6 Å². The Morgan fingerprint density at radius 3 is 2.82 bits per heavy atom. The third-order valence-corrected chi connectivity index (χ3v) is 4.80. The molecule has 5 nitrogen and oxygen atoms in total. The number of methoxy groups -OCH3 is 1. The van der Waals surface area contributed by atoms with Gasteiger partial charge in [-0.25, -0.2) is 9.18 Å². The van der Waals surface area contributed by atoms with Gasteiger partial charge >= 0.3 is 5.97 Å². The van der Waals surface area contributed by atoms with Gasteiger partial charge in [-0.15, -0.1) is 0 Å². The molecule has 1 amide bonds. The van der Waals surface area contributed by atoms with Gasteiger partial charge in [-0.05, 0) is 42.9 Å². The number of likely N-dealkylation sites (tertiary alicyclic amines) is 1. The Hall–Kier alpha value is -2.11. The second kappa shape index (κ2) is 5.59. The highest BCUT2D eigenvalue weighted by atomic mass is 19.1. The Morgan fingerprint density at radius 2 is 2.14 bits per heavy atom. The van der Waals surface area contributed by atoms with E-state index < -0.39 is 17.8 Å². The monoisotopic (exact) mass is 307 g/mol. The lowest BCUT2D eigenvalue weighted by Gasteiger charge is -2.24. The molecular formula is C16H18FNO4. The van der Waals surface area contributed by atoms with Crippen molar-refractivity contribution in [3.63, 3.8) is 0 Å². The van der Waals surface area contributed by atoms with Crippen LogP contribution in [0, 0.1) is 17.7 Å². The molecule has 3 atom stereocenters. The lowest BCUT2D eigenvalue weighted by molar-refractivity contribution is -0.142. The van der Waals surface area contributed by atoms with Crippen LogP contribution in [0.5, 0.6) is 5.75 Å². The van der Waals surface area contributed by atoms with E-state index in [1.165, 1.54) is 30.2 Å². The van der Waals surface area contributed by atoms with E-state index in [1.54, 1.807) is 0 Å². The number of ether oxygens (including phenoxy) is 1. The Kier molecular flexibility index (Phi) is 3.76. The van der Waals surface area contributed by atoms with Crippen LogP contribution in [0.2, 0.25) is 0 Å². The molecule has 1 aromatic rings. The molecule has 3 unspecified atom stereocenters. The van der Waals surface area contributed by atoms with E-state index in [1.807, 2.05) is 0 Å². The Balaban J connectivity index is 1.89. The van der Waals surface area contributed by atoms with E-state index in [4.69, 9.17) is 4.74 Å². The highest BCUT2D eigenvalue weighted by molar-refractivity contribution is 5.97. The zero-order valence-electron chi connectivity index (χ0n) is 12.3. The summed E-state index contributed by atoms with van der Waals surface area (Å²) in [5.74, 6) is -1.61. The fraction of sp³-hybridized carbons (Fsp3) is 0.500. The Bertz CT molecular complexity index is 618. The normalized spacial score (nSPS) is 26.8. The van der Waals surface area contributed by atoms with E-state index in [0.717, 1.165) is 19.3 Å². The SMILES string of the molecule is COc1cc(C(=O)N2CC3CCCC3C2C(=O)O)ccc1F. The van der Waals surface area contributed by atoms with Gasteiger partial charge in [0.05, 0.1) is 7.11 Å².